The zero-order valence-electron chi connectivity index (χ0n) is 21.2. The molecule has 3 aromatic rings. The molecule has 2 fully saturated rings. The minimum atomic E-state index is -0.189. The molecule has 5 rings (SSSR count). The average molecular weight is 528 g/mol. The van der Waals surface area contributed by atoms with Crippen LogP contribution >= 0.6 is 11.8 Å². The minimum absolute atomic E-state index is 0.0936. The van der Waals surface area contributed by atoms with Crippen molar-refractivity contribution >= 4 is 40.5 Å². The van der Waals surface area contributed by atoms with Crippen LogP contribution in [0.3, 0.4) is 0 Å². The lowest BCUT2D eigenvalue weighted by Gasteiger charge is -2.26. The Labute approximate surface area is 226 Å². The van der Waals surface area contributed by atoms with Gasteiger partial charge >= 0.3 is 0 Å². The molecule has 7 nitrogen and oxygen atoms in total. The van der Waals surface area contributed by atoms with Gasteiger partial charge in [0.15, 0.2) is 16.7 Å². The monoisotopic (exact) mass is 527 g/mol. The van der Waals surface area contributed by atoms with Crippen LogP contribution in [0.25, 0.3) is 6.08 Å². The number of carbonyl (C=O) groups excluding carboxylic acids is 2. The highest BCUT2D eigenvalue weighted by Crippen LogP contribution is 2.32. The van der Waals surface area contributed by atoms with E-state index in [1.807, 2.05) is 77.7 Å². The number of nitrogens with zero attached hydrogens (tertiary/aromatic N) is 2. The highest BCUT2D eigenvalue weighted by atomic mass is 32.2. The third kappa shape index (κ3) is 6.26. The van der Waals surface area contributed by atoms with Crippen molar-refractivity contribution < 1.29 is 19.1 Å². The maximum Gasteiger partial charge on any atom is 0.264 e. The highest BCUT2D eigenvalue weighted by molar-refractivity contribution is 8.18. The van der Waals surface area contributed by atoms with Crippen LogP contribution in [-0.4, -0.2) is 42.1 Å². The summed E-state index contributed by atoms with van der Waals surface area (Å²) in [6, 6.07) is 22.6. The Morgan fingerprint density at radius 1 is 1.00 bits per heavy atom. The maximum absolute atomic E-state index is 12.7. The van der Waals surface area contributed by atoms with Gasteiger partial charge in [0.1, 0.15) is 6.61 Å². The lowest BCUT2D eigenvalue weighted by Crippen LogP contribution is -2.35. The number of amidine groups is 1. The molecule has 0 bridgehead atoms. The highest BCUT2D eigenvalue weighted by Gasteiger charge is 2.24. The molecule has 0 unspecified atom stereocenters. The van der Waals surface area contributed by atoms with E-state index in [1.165, 1.54) is 18.2 Å². The van der Waals surface area contributed by atoms with Gasteiger partial charge in [0.05, 0.1) is 17.7 Å². The lowest BCUT2D eigenvalue weighted by atomic mass is 10.1. The summed E-state index contributed by atoms with van der Waals surface area (Å²) in [7, 11) is 1.59. The first-order valence-corrected chi connectivity index (χ1v) is 13.4. The molecular formula is C30H29N3O4S. The third-order valence-electron chi connectivity index (χ3n) is 6.36. The van der Waals surface area contributed by atoms with Crippen molar-refractivity contribution in [2.75, 3.05) is 20.2 Å². The van der Waals surface area contributed by atoms with Crippen molar-refractivity contribution in [2.45, 2.75) is 25.9 Å². The zero-order valence-corrected chi connectivity index (χ0v) is 22.0. The van der Waals surface area contributed by atoms with Gasteiger partial charge in [-0.25, -0.2) is 4.99 Å². The summed E-state index contributed by atoms with van der Waals surface area (Å²) in [5, 5.41) is 3.35. The number of piperidine rings is 1. The molecule has 2 aliphatic heterocycles. The van der Waals surface area contributed by atoms with E-state index in [4.69, 9.17) is 9.47 Å². The number of aliphatic imine (C=N–C) groups is 1. The summed E-state index contributed by atoms with van der Waals surface area (Å²) in [6.07, 6.45) is 5.15. The van der Waals surface area contributed by atoms with Crippen molar-refractivity contribution in [3.63, 3.8) is 0 Å². The molecule has 194 valence electrons. The zero-order chi connectivity index (χ0) is 26.3. The Balaban J connectivity index is 1.22. The van der Waals surface area contributed by atoms with Crippen molar-refractivity contribution in [3.8, 4) is 11.5 Å². The second-order valence-electron chi connectivity index (χ2n) is 9.07. The van der Waals surface area contributed by atoms with Crippen LogP contribution in [0.5, 0.6) is 11.5 Å². The minimum Gasteiger partial charge on any atom is -0.493 e. The summed E-state index contributed by atoms with van der Waals surface area (Å²) in [5.74, 6) is 1.07. The van der Waals surface area contributed by atoms with Crippen LogP contribution in [-0.2, 0) is 11.4 Å². The number of hydrogen-bond donors (Lipinski definition) is 1. The summed E-state index contributed by atoms with van der Waals surface area (Å²) >= 11 is 1.30. The molecule has 8 heteroatoms. The summed E-state index contributed by atoms with van der Waals surface area (Å²) < 4.78 is 11.6. The SMILES string of the molecule is COc1cc(/C=C2\SC(=Nc3ccccc3)NC2=O)ccc1OCc1ccc(C(=O)N2CCCCC2)cc1. The van der Waals surface area contributed by atoms with Crippen molar-refractivity contribution in [1.29, 1.82) is 0 Å². The molecule has 2 aliphatic rings. The molecule has 0 aromatic heterocycles. The molecule has 0 aliphatic carbocycles. The first kappa shape index (κ1) is 25.6. The summed E-state index contributed by atoms with van der Waals surface area (Å²) in [6.45, 7) is 2.01. The van der Waals surface area contributed by atoms with Crippen LogP contribution in [0.1, 0.15) is 40.7 Å². The van der Waals surface area contributed by atoms with Crippen molar-refractivity contribution in [3.05, 3.63) is 94.4 Å². The lowest BCUT2D eigenvalue weighted by molar-refractivity contribution is -0.115. The van der Waals surface area contributed by atoms with Gasteiger partial charge in [0.25, 0.3) is 11.8 Å². The van der Waals surface area contributed by atoms with Gasteiger partial charge in [0, 0.05) is 18.7 Å². The van der Waals surface area contributed by atoms with Crippen LogP contribution in [0, 0.1) is 0 Å². The fraction of sp³-hybridized carbons (Fsp3) is 0.233. The Morgan fingerprint density at radius 2 is 1.76 bits per heavy atom. The number of amides is 2. The first-order valence-electron chi connectivity index (χ1n) is 12.6. The summed E-state index contributed by atoms with van der Waals surface area (Å²) in [4.78, 5) is 32.1. The van der Waals surface area contributed by atoms with E-state index in [9.17, 15) is 9.59 Å². The van der Waals surface area contributed by atoms with Crippen LogP contribution in [0.2, 0.25) is 0 Å². The Bertz CT molecular complexity index is 1360. The van der Waals surface area contributed by atoms with Crippen molar-refractivity contribution in [2.24, 2.45) is 4.99 Å². The number of para-hydroxylation sites is 1. The van der Waals surface area contributed by atoms with Gasteiger partial charge in [-0.05, 0) is 84.6 Å². The summed E-state index contributed by atoms with van der Waals surface area (Å²) in [5.41, 5.74) is 3.26. The van der Waals surface area contributed by atoms with Gasteiger partial charge in [-0.1, -0.05) is 36.4 Å². The quantitative estimate of drug-likeness (QED) is 0.393. The number of rotatable bonds is 7. The number of benzene rings is 3. The Hall–Kier alpha value is -4.04. The number of ether oxygens (including phenoxy) is 2. The molecule has 38 heavy (non-hydrogen) atoms. The van der Waals surface area contributed by atoms with Crippen LogP contribution in [0.15, 0.2) is 82.7 Å². The van der Waals surface area contributed by atoms with Crippen LogP contribution in [0.4, 0.5) is 5.69 Å². The van der Waals surface area contributed by atoms with E-state index < -0.39 is 0 Å². The predicted molar refractivity (Wildman–Crippen MR) is 151 cm³/mol. The largest absolute Gasteiger partial charge is 0.493 e. The first-order chi connectivity index (χ1) is 18.6. The van der Waals surface area contributed by atoms with E-state index in [1.54, 1.807) is 13.2 Å². The smallest absolute Gasteiger partial charge is 0.264 e. The maximum atomic E-state index is 12.7. The number of methoxy groups -OCH3 is 1. The number of likely N-dealkylation sites (tertiary alicyclic amines) is 1. The number of nitrogens with one attached hydrogen (secondary N) is 1. The predicted octanol–water partition coefficient (Wildman–Crippen LogP) is 5.79. The Kier molecular flexibility index (Phi) is 8.09. The molecule has 2 amide bonds. The molecule has 0 atom stereocenters. The van der Waals surface area contributed by atoms with Gasteiger partial charge in [0.2, 0.25) is 0 Å². The van der Waals surface area contributed by atoms with Gasteiger partial charge in [-0.2, -0.15) is 0 Å². The van der Waals surface area contributed by atoms with Crippen molar-refractivity contribution in [1.82, 2.24) is 10.2 Å². The van der Waals surface area contributed by atoms with E-state index in [0.717, 1.165) is 42.7 Å². The van der Waals surface area contributed by atoms with E-state index in [-0.39, 0.29) is 11.8 Å². The second-order valence-corrected chi connectivity index (χ2v) is 10.1. The third-order valence-corrected chi connectivity index (χ3v) is 7.27. The van der Waals surface area contributed by atoms with Gasteiger partial charge in [-0.15, -0.1) is 0 Å². The molecule has 0 spiro atoms. The van der Waals surface area contributed by atoms with E-state index in [2.05, 4.69) is 10.3 Å². The number of carbonyl (C=O) groups is 2. The fourth-order valence-corrected chi connectivity index (χ4v) is 5.17. The molecule has 2 heterocycles. The normalized spacial score (nSPS) is 17.5. The molecule has 0 radical (unpaired) electrons. The standard InChI is InChI=1S/C30H29N3O4S/c1-36-26-18-22(19-27-28(34)32-30(38-27)31-24-8-4-2-5-9-24)12-15-25(26)37-20-21-10-13-23(14-11-21)29(35)33-16-6-3-7-17-33/h2,4-5,8-15,18-19H,3,6-7,16-17,20H2,1H3,(H,31,32,34)/b27-19-. The van der Waals surface area contributed by atoms with Crippen LogP contribution < -0.4 is 14.8 Å². The number of thioether (sulfide) groups is 1. The van der Waals surface area contributed by atoms with E-state index >= 15 is 0 Å². The second kappa shape index (κ2) is 12.0. The number of hydrogen-bond acceptors (Lipinski definition) is 6. The Morgan fingerprint density at radius 3 is 2.50 bits per heavy atom. The molecule has 0 saturated carbocycles. The van der Waals surface area contributed by atoms with Gasteiger partial charge in [-0.3, -0.25) is 9.59 Å². The average Bonchev–Trinajstić information content (AvgIpc) is 3.30. The fourth-order valence-electron chi connectivity index (χ4n) is 4.33. The molecule has 1 N–H and O–H groups in total. The molecule has 3 aromatic carbocycles. The van der Waals surface area contributed by atoms with E-state index in [0.29, 0.717) is 33.7 Å². The van der Waals surface area contributed by atoms with Gasteiger partial charge < -0.3 is 19.7 Å². The topological polar surface area (TPSA) is 80.2 Å². The molecule has 2 saturated heterocycles. The molecular weight excluding hydrogens is 498 g/mol.